The van der Waals surface area contributed by atoms with Crippen molar-refractivity contribution in [1.29, 1.82) is 0 Å². The second-order valence-electron chi connectivity index (χ2n) is 5.03. The van der Waals surface area contributed by atoms with Crippen LogP contribution in [-0.4, -0.2) is 18.2 Å². The highest BCUT2D eigenvalue weighted by Crippen LogP contribution is 2.33. The number of rotatable bonds is 4. The van der Waals surface area contributed by atoms with Gasteiger partial charge < -0.3 is 9.46 Å². The third-order valence-corrected chi connectivity index (χ3v) is 6.35. The largest absolute Gasteiger partial charge is 0.381 e. The summed E-state index contributed by atoms with van der Waals surface area (Å²) in [7, 11) is 0. The Labute approximate surface area is 141 Å². The molecule has 1 aromatic heterocycles. The van der Waals surface area contributed by atoms with Gasteiger partial charge in [0.2, 0.25) is 0 Å². The van der Waals surface area contributed by atoms with Gasteiger partial charge in [0.05, 0.1) is 5.69 Å². The average Bonchev–Trinajstić information content (AvgIpc) is 2.99. The topological polar surface area (TPSA) is 34.2 Å². The standard InChI is InChI=1S/C15H17BrN2OS2/c1-10-12(16)3-2-4-14(10)21-18-15-17-13(9-20-15)11-5-7-19-8-6-11/h2-4,9,11H,5-8H2,1H3,(H,17,18). The molecule has 0 atom stereocenters. The molecule has 1 aliphatic rings. The van der Waals surface area contributed by atoms with Crippen molar-refractivity contribution in [1.82, 2.24) is 4.98 Å². The summed E-state index contributed by atoms with van der Waals surface area (Å²) in [6, 6.07) is 6.23. The summed E-state index contributed by atoms with van der Waals surface area (Å²) in [5.74, 6) is 0.558. The molecule has 1 fully saturated rings. The summed E-state index contributed by atoms with van der Waals surface area (Å²) in [5, 5.41) is 3.15. The van der Waals surface area contributed by atoms with Crippen LogP contribution in [0.2, 0.25) is 0 Å². The zero-order chi connectivity index (χ0) is 14.7. The maximum atomic E-state index is 5.41. The number of aromatic nitrogens is 1. The third kappa shape index (κ3) is 3.80. The van der Waals surface area contributed by atoms with Gasteiger partial charge in [0.25, 0.3) is 0 Å². The van der Waals surface area contributed by atoms with E-state index in [0.29, 0.717) is 5.92 Å². The average molecular weight is 385 g/mol. The van der Waals surface area contributed by atoms with Gasteiger partial charge in [-0.15, -0.1) is 11.3 Å². The van der Waals surface area contributed by atoms with Crippen LogP contribution in [0.1, 0.15) is 30.0 Å². The lowest BCUT2D eigenvalue weighted by molar-refractivity contribution is 0.0846. The van der Waals surface area contributed by atoms with E-state index in [9.17, 15) is 0 Å². The van der Waals surface area contributed by atoms with E-state index in [2.05, 4.69) is 51.2 Å². The number of nitrogens with zero attached hydrogens (tertiary/aromatic N) is 1. The van der Waals surface area contributed by atoms with E-state index in [0.717, 1.165) is 35.7 Å². The monoisotopic (exact) mass is 384 g/mol. The minimum absolute atomic E-state index is 0.558. The Balaban J connectivity index is 1.63. The van der Waals surface area contributed by atoms with E-state index in [1.54, 1.807) is 23.3 Å². The fraction of sp³-hybridized carbons (Fsp3) is 0.400. The van der Waals surface area contributed by atoms with Crippen LogP contribution < -0.4 is 4.72 Å². The first-order chi connectivity index (χ1) is 10.2. The molecule has 2 aromatic rings. The Bertz CT molecular complexity index is 611. The fourth-order valence-electron chi connectivity index (χ4n) is 2.31. The number of anilines is 1. The molecule has 0 spiro atoms. The molecule has 112 valence electrons. The molecule has 0 amide bonds. The normalized spacial score (nSPS) is 16.1. The summed E-state index contributed by atoms with van der Waals surface area (Å²) < 4.78 is 9.91. The smallest absolute Gasteiger partial charge is 0.193 e. The molecule has 3 rings (SSSR count). The van der Waals surface area contributed by atoms with Gasteiger partial charge in [0, 0.05) is 33.9 Å². The van der Waals surface area contributed by atoms with Crippen molar-refractivity contribution in [2.75, 3.05) is 17.9 Å². The van der Waals surface area contributed by atoms with Crippen molar-refractivity contribution in [3.63, 3.8) is 0 Å². The predicted molar refractivity (Wildman–Crippen MR) is 93.3 cm³/mol. The SMILES string of the molecule is Cc1c(Br)cccc1SNc1nc(C2CCOCC2)cs1. The molecular formula is C15H17BrN2OS2. The van der Waals surface area contributed by atoms with Crippen LogP contribution in [0.25, 0.3) is 0 Å². The Morgan fingerprint density at radius 2 is 2.19 bits per heavy atom. The van der Waals surface area contributed by atoms with Gasteiger partial charge in [-0.25, -0.2) is 4.98 Å². The maximum Gasteiger partial charge on any atom is 0.193 e. The molecule has 0 saturated carbocycles. The second-order valence-corrected chi connectivity index (χ2v) is 7.59. The number of hydrogen-bond acceptors (Lipinski definition) is 5. The first-order valence-electron chi connectivity index (χ1n) is 6.95. The highest BCUT2D eigenvalue weighted by molar-refractivity contribution is 9.10. The molecule has 1 N–H and O–H groups in total. The van der Waals surface area contributed by atoms with Crippen molar-refractivity contribution in [3.05, 3.63) is 39.3 Å². The van der Waals surface area contributed by atoms with E-state index in [1.807, 2.05) is 0 Å². The van der Waals surface area contributed by atoms with Crippen LogP contribution in [0.3, 0.4) is 0 Å². The molecule has 2 heterocycles. The molecule has 1 saturated heterocycles. The van der Waals surface area contributed by atoms with Crippen LogP contribution in [0.5, 0.6) is 0 Å². The minimum atomic E-state index is 0.558. The number of hydrogen-bond donors (Lipinski definition) is 1. The Morgan fingerprint density at radius 1 is 1.38 bits per heavy atom. The van der Waals surface area contributed by atoms with E-state index in [1.165, 1.54) is 16.2 Å². The lowest BCUT2D eigenvalue weighted by Crippen LogP contribution is -2.14. The summed E-state index contributed by atoms with van der Waals surface area (Å²) in [4.78, 5) is 5.94. The fourth-order valence-corrected chi connectivity index (χ4v) is 4.41. The zero-order valence-corrected chi connectivity index (χ0v) is 15.0. The molecule has 3 nitrogen and oxygen atoms in total. The Morgan fingerprint density at radius 3 is 3.00 bits per heavy atom. The van der Waals surface area contributed by atoms with E-state index in [-0.39, 0.29) is 0 Å². The van der Waals surface area contributed by atoms with Crippen molar-refractivity contribution < 1.29 is 4.74 Å². The van der Waals surface area contributed by atoms with Crippen molar-refractivity contribution in [2.24, 2.45) is 0 Å². The molecule has 0 radical (unpaired) electrons. The van der Waals surface area contributed by atoms with E-state index >= 15 is 0 Å². The van der Waals surface area contributed by atoms with Crippen LogP contribution in [0.4, 0.5) is 5.13 Å². The first-order valence-corrected chi connectivity index (χ1v) is 9.44. The van der Waals surface area contributed by atoms with Crippen LogP contribution in [0, 0.1) is 6.92 Å². The molecule has 21 heavy (non-hydrogen) atoms. The Kier molecular flexibility index (Phi) is 5.21. The number of thiazole rings is 1. The Hall–Kier alpha value is -0.560. The highest BCUT2D eigenvalue weighted by Gasteiger charge is 2.18. The van der Waals surface area contributed by atoms with Gasteiger partial charge in [0.15, 0.2) is 5.13 Å². The molecule has 6 heteroatoms. The van der Waals surface area contributed by atoms with Crippen LogP contribution >= 0.6 is 39.2 Å². The number of ether oxygens (including phenoxy) is 1. The quantitative estimate of drug-likeness (QED) is 0.731. The molecule has 1 aliphatic heterocycles. The van der Waals surface area contributed by atoms with Gasteiger partial charge in [-0.05, 0) is 49.4 Å². The molecule has 0 unspecified atom stereocenters. The third-order valence-electron chi connectivity index (χ3n) is 3.63. The molecule has 0 aliphatic carbocycles. The van der Waals surface area contributed by atoms with Crippen molar-refractivity contribution in [3.8, 4) is 0 Å². The van der Waals surface area contributed by atoms with E-state index in [4.69, 9.17) is 9.72 Å². The number of halogens is 1. The summed E-state index contributed by atoms with van der Waals surface area (Å²) in [5.41, 5.74) is 2.45. The van der Waals surface area contributed by atoms with Gasteiger partial charge in [0.1, 0.15) is 0 Å². The first kappa shape index (κ1) is 15.3. The molecular weight excluding hydrogens is 368 g/mol. The van der Waals surface area contributed by atoms with Crippen LogP contribution in [0.15, 0.2) is 32.9 Å². The summed E-state index contributed by atoms with van der Waals surface area (Å²) >= 11 is 6.86. The lowest BCUT2D eigenvalue weighted by atomic mass is 9.98. The number of nitrogens with one attached hydrogen (secondary N) is 1. The van der Waals surface area contributed by atoms with Gasteiger partial charge >= 0.3 is 0 Å². The van der Waals surface area contributed by atoms with Crippen molar-refractivity contribution in [2.45, 2.75) is 30.6 Å². The minimum Gasteiger partial charge on any atom is -0.381 e. The zero-order valence-electron chi connectivity index (χ0n) is 11.8. The second kappa shape index (κ2) is 7.13. The van der Waals surface area contributed by atoms with Crippen LogP contribution in [-0.2, 0) is 4.74 Å². The lowest BCUT2D eigenvalue weighted by Gasteiger charge is -2.19. The predicted octanol–water partition coefficient (Wildman–Crippen LogP) is 5.23. The molecule has 0 bridgehead atoms. The molecule has 1 aromatic carbocycles. The summed E-state index contributed by atoms with van der Waals surface area (Å²) in [6.07, 6.45) is 2.17. The maximum absolute atomic E-state index is 5.41. The van der Waals surface area contributed by atoms with E-state index < -0.39 is 0 Å². The van der Waals surface area contributed by atoms with Gasteiger partial charge in [-0.2, -0.15) is 0 Å². The highest BCUT2D eigenvalue weighted by atomic mass is 79.9. The van der Waals surface area contributed by atoms with Gasteiger partial charge in [-0.1, -0.05) is 22.0 Å². The van der Waals surface area contributed by atoms with Crippen molar-refractivity contribution >= 4 is 44.3 Å². The number of benzene rings is 1. The summed E-state index contributed by atoms with van der Waals surface area (Å²) in [6.45, 7) is 3.83. The van der Waals surface area contributed by atoms with Gasteiger partial charge in [-0.3, -0.25) is 0 Å².